The summed E-state index contributed by atoms with van der Waals surface area (Å²) in [7, 11) is 0. The molecule has 2 atom stereocenters. The largest absolute Gasteiger partial charge is 0.332 e. The summed E-state index contributed by atoms with van der Waals surface area (Å²) in [6, 6.07) is 154. The monoisotopic (exact) mass is 1770 g/mol. The summed E-state index contributed by atoms with van der Waals surface area (Å²) < 4.78 is 18.4. The zero-order valence-corrected chi connectivity index (χ0v) is 75.0. The van der Waals surface area contributed by atoms with E-state index in [1.807, 2.05) is 0 Å². The standard InChI is InChI=1S/C66H36N4.C66H34N4/c1-3-17-35(18-4-1)53-59-43-27-15-25-41-56-52(34-46-38-22-8-12-30-48(38)68-50-32-14-10-24-40(50)58(56)64(46)68)70(61(41)43)66(59)54(36-19-5-2-6-20-36)60-44-28-16-26-42-55-51(69(62(42)44)65(53)60)33-45-37-21-7-11-29-47(37)67-49-31-13-9-23-39(49)57(55)63(45)67;1-3-15-35(16-4-1)53-57-47-27-13-25-45-56-52(34-32-44-42-24-12-22-40-38-20-8-10-30-50(38)68(60(40)42)64(44)56)70(61(45)47)66(57)54(36-17-5-2-6-18-36)58-48-28-14-26-46-55-51(69(62(46)48)65(53)58)33-31-43-41-23-11-21-39-37-19-7-9-29-49(37)67(59(39)41)63(43)55/h1-34,57,63H;1-34H. The maximum atomic E-state index is 2.72. The Morgan fingerprint density at radius 2 is 0.486 bits per heavy atom. The molecular weight excluding hydrogens is 1700 g/mol. The van der Waals surface area contributed by atoms with Gasteiger partial charge in [-0.25, -0.2) is 0 Å². The van der Waals surface area contributed by atoms with Crippen LogP contribution in [0.5, 0.6) is 0 Å². The molecule has 0 bridgehead atoms. The zero-order chi connectivity index (χ0) is 89.7. The van der Waals surface area contributed by atoms with Crippen molar-refractivity contribution in [2.45, 2.75) is 12.0 Å². The van der Waals surface area contributed by atoms with Gasteiger partial charge in [-0.1, -0.05) is 352 Å². The lowest BCUT2D eigenvalue weighted by Crippen LogP contribution is -2.28. The molecule has 0 N–H and O–H groups in total. The summed E-state index contributed by atoms with van der Waals surface area (Å²) in [4.78, 5) is 2.64. The minimum absolute atomic E-state index is 0.188. The first-order valence-electron chi connectivity index (χ1n) is 49.1. The van der Waals surface area contributed by atoms with E-state index in [2.05, 4.69) is 448 Å². The summed E-state index contributed by atoms with van der Waals surface area (Å²) >= 11 is 0. The van der Waals surface area contributed by atoms with E-state index in [0.29, 0.717) is 0 Å². The fraction of sp³-hybridized carbons (Fsp3) is 0.0152. The summed E-state index contributed by atoms with van der Waals surface area (Å²) in [6.45, 7) is 0. The van der Waals surface area contributed by atoms with E-state index in [-0.39, 0.29) is 12.0 Å². The maximum absolute atomic E-state index is 2.72. The van der Waals surface area contributed by atoms with Crippen LogP contribution in [-0.4, -0.2) is 36.8 Å². The van der Waals surface area contributed by atoms with Gasteiger partial charge in [-0.2, -0.15) is 0 Å². The van der Waals surface area contributed by atoms with Crippen molar-refractivity contribution in [2.24, 2.45) is 0 Å². The van der Waals surface area contributed by atoms with Crippen molar-refractivity contribution in [2.75, 3.05) is 4.90 Å². The third-order valence-corrected chi connectivity index (χ3v) is 34.1. The minimum atomic E-state index is 0.188. The van der Waals surface area contributed by atoms with Gasteiger partial charge in [0, 0.05) is 191 Å². The Labute approximate surface area is 794 Å². The van der Waals surface area contributed by atoms with Gasteiger partial charge < -0.3 is 35.7 Å². The lowest BCUT2D eigenvalue weighted by Gasteiger charge is -2.28. The molecular formula is C132H70N8. The van der Waals surface area contributed by atoms with E-state index in [1.54, 1.807) is 0 Å². The first-order valence-corrected chi connectivity index (χ1v) is 49.1. The zero-order valence-electron chi connectivity index (χ0n) is 75.0. The Balaban J connectivity index is 0.000000116. The van der Waals surface area contributed by atoms with Gasteiger partial charge in [0.25, 0.3) is 0 Å². The highest BCUT2D eigenvalue weighted by atomic mass is 15.2. The molecule has 35 aromatic rings. The van der Waals surface area contributed by atoms with Gasteiger partial charge in [0.15, 0.2) is 0 Å². The highest BCUT2D eigenvalue weighted by Crippen LogP contribution is 2.66. The molecule has 8 nitrogen and oxygen atoms in total. The molecule has 0 amide bonds. The Morgan fingerprint density at radius 1 is 0.171 bits per heavy atom. The van der Waals surface area contributed by atoms with Crippen molar-refractivity contribution in [3.63, 3.8) is 0 Å². The molecule has 2 unspecified atom stereocenters. The number of para-hydroxylation sites is 12. The van der Waals surface area contributed by atoms with Crippen molar-refractivity contribution in [3.8, 4) is 44.5 Å². The van der Waals surface area contributed by atoms with E-state index < -0.39 is 0 Å². The summed E-state index contributed by atoms with van der Waals surface area (Å²) in [5, 5.41) is 35.1. The minimum Gasteiger partial charge on any atom is -0.332 e. The Kier molecular flexibility index (Phi) is 12.4. The van der Waals surface area contributed by atoms with E-state index in [1.165, 1.54) is 340 Å². The molecule has 1 aliphatic carbocycles. The lowest BCUT2D eigenvalue weighted by atomic mass is 9.78. The van der Waals surface area contributed by atoms with Crippen LogP contribution in [0.15, 0.2) is 406 Å². The third-order valence-electron chi connectivity index (χ3n) is 34.1. The number of aromatic nitrogens is 7. The SMILES string of the molecule is C1=C2c3ccccc3N3c4ccccc4C(c4c1n1c5c(-c6ccccc6)c6c7cccc8c9c%10c%11ccccc%11n%11c%12ccccc%12c(cc9n(c6c(-c6ccccc6)c5c5cccc4c51)c78)c%10%11)C23.c1ccc(-c2c3c4cccc5c6c(ccc7c8cccc9c%10ccccc%10n(c98)c76)n(c3c(-c3ccccc3)c3c6cccc7c8c(ccc9c%10cccc%11c%12ccccc%12n(c%11%10)c98)n(c23)c67)c45)cc1. The predicted molar refractivity (Wildman–Crippen MR) is 588 cm³/mol. The summed E-state index contributed by atoms with van der Waals surface area (Å²) in [6.07, 6.45) is 2.59. The molecule has 0 radical (unpaired) electrons. The fourth-order valence-corrected chi connectivity index (χ4v) is 29.4. The van der Waals surface area contributed by atoms with Gasteiger partial charge in [0.2, 0.25) is 0 Å². The number of benzene rings is 21. The molecule has 0 fully saturated rings. The van der Waals surface area contributed by atoms with E-state index >= 15 is 0 Å². The number of fused-ring (bicyclic) bond motifs is 52. The number of nitrogens with zero attached hydrogens (tertiary/aromatic N) is 8. The van der Waals surface area contributed by atoms with Gasteiger partial charge in [0.05, 0.1) is 122 Å². The molecule has 16 heterocycles. The van der Waals surface area contributed by atoms with E-state index in [0.717, 1.165) is 0 Å². The molecule has 3 aliphatic rings. The van der Waals surface area contributed by atoms with Crippen LogP contribution < -0.4 is 4.90 Å². The summed E-state index contributed by atoms with van der Waals surface area (Å²) in [5.74, 6) is 0.188. The lowest BCUT2D eigenvalue weighted by molar-refractivity contribution is 0.760. The van der Waals surface area contributed by atoms with Crippen LogP contribution in [0.25, 0.3) is 312 Å². The van der Waals surface area contributed by atoms with Crippen LogP contribution in [0.3, 0.4) is 0 Å². The van der Waals surface area contributed by atoms with Crippen LogP contribution in [0.2, 0.25) is 0 Å². The molecule has 0 saturated carbocycles. The second-order valence-corrected chi connectivity index (χ2v) is 40.0. The molecule has 0 saturated heterocycles. The topological polar surface area (TPSA) is 34.1 Å². The van der Waals surface area contributed by atoms with Crippen LogP contribution in [-0.2, 0) is 0 Å². The van der Waals surface area contributed by atoms with Crippen LogP contribution in [0.4, 0.5) is 11.4 Å². The molecule has 21 aromatic carbocycles. The maximum Gasteiger partial charge on any atom is 0.0710 e. The first-order chi connectivity index (χ1) is 69.7. The highest BCUT2D eigenvalue weighted by molar-refractivity contribution is 6.45. The van der Waals surface area contributed by atoms with Crippen LogP contribution >= 0.6 is 0 Å². The second-order valence-electron chi connectivity index (χ2n) is 40.0. The number of rotatable bonds is 4. The number of anilines is 2. The average molecular weight is 1770 g/mol. The fourth-order valence-electron chi connectivity index (χ4n) is 29.4. The normalized spacial score (nSPS) is 14.7. The second kappa shape index (κ2) is 24.4. The predicted octanol–water partition coefficient (Wildman–Crippen LogP) is 34.5. The highest BCUT2D eigenvalue weighted by Gasteiger charge is 2.52. The van der Waals surface area contributed by atoms with Crippen molar-refractivity contribution in [1.29, 1.82) is 0 Å². The smallest absolute Gasteiger partial charge is 0.0710 e. The van der Waals surface area contributed by atoms with Crippen LogP contribution in [0.1, 0.15) is 28.3 Å². The Morgan fingerprint density at radius 3 is 0.964 bits per heavy atom. The Hall–Kier alpha value is -18.5. The third kappa shape index (κ3) is 7.88. The van der Waals surface area contributed by atoms with Crippen molar-refractivity contribution in [1.82, 2.24) is 30.8 Å². The Bertz CT molecular complexity index is 11600. The number of hydrogen-bond donors (Lipinski definition) is 0. The van der Waals surface area contributed by atoms with Crippen molar-refractivity contribution >= 4 is 279 Å². The van der Waals surface area contributed by atoms with Gasteiger partial charge in [-0.3, -0.25) is 0 Å². The molecule has 638 valence electrons. The van der Waals surface area contributed by atoms with Gasteiger partial charge in [-0.05, 0) is 99.6 Å². The molecule has 140 heavy (non-hydrogen) atoms. The molecule has 2 aliphatic heterocycles. The quantitative estimate of drug-likeness (QED) is 0.173. The molecule has 38 rings (SSSR count). The molecule has 0 spiro atoms. The van der Waals surface area contributed by atoms with E-state index in [4.69, 9.17) is 0 Å². The van der Waals surface area contributed by atoms with Crippen molar-refractivity contribution < 1.29 is 0 Å². The van der Waals surface area contributed by atoms with E-state index in [9.17, 15) is 0 Å². The van der Waals surface area contributed by atoms with Gasteiger partial charge in [-0.15, -0.1) is 0 Å². The van der Waals surface area contributed by atoms with Gasteiger partial charge >= 0.3 is 0 Å². The van der Waals surface area contributed by atoms with Gasteiger partial charge in [0.1, 0.15) is 0 Å². The summed E-state index contributed by atoms with van der Waals surface area (Å²) in [5.41, 5.74) is 45.1. The van der Waals surface area contributed by atoms with Crippen molar-refractivity contribution in [3.05, 3.63) is 429 Å². The van der Waals surface area contributed by atoms with Crippen LogP contribution in [0, 0.1) is 0 Å². The average Bonchev–Trinajstić information content (AvgIpc) is 1.48. The molecule has 8 heteroatoms. The number of hydrogen-bond acceptors (Lipinski definition) is 1. The first kappa shape index (κ1) is 71.1. The molecule has 14 aromatic heterocycles.